The standard InChI is InChI=1S/C79H64N2O2/c1-49-17-31-63(41-51(49)3)80(61-33-27-59(28-34-61)57-23-19-55(20-24-57)53-13-9-7-10-14-53)65-37-39-67-71-45-73-69(47-77(71)82-75(67)43-65)70-48-78-72(46-74(70)79(73,5)6)68-40-38-66(44-76(68)83-78)81(64-32-18-50(2)52(4)42-64)62-35-29-60(30-36-62)58-25-21-56(22-26-58)54-15-11-8-12-16-54/h7,9-11,13-37,39-48,66H,8,12,38H2,1-6H3. The number of allylic oxidation sites excluding steroid dienone is 4. The van der Waals surface area contributed by atoms with E-state index in [4.69, 9.17) is 8.83 Å². The van der Waals surface area contributed by atoms with Gasteiger partial charge in [0, 0.05) is 61.3 Å². The molecular weight excluding hydrogens is 1010 g/mol. The van der Waals surface area contributed by atoms with Gasteiger partial charge in [-0.15, -0.1) is 0 Å². The van der Waals surface area contributed by atoms with Gasteiger partial charge in [-0.3, -0.25) is 0 Å². The zero-order chi connectivity index (χ0) is 56.1. The molecule has 2 aromatic heterocycles. The van der Waals surface area contributed by atoms with Crippen LogP contribution in [0.1, 0.15) is 72.1 Å². The number of rotatable bonds is 10. The number of hydrogen-bond acceptors (Lipinski definition) is 4. The summed E-state index contributed by atoms with van der Waals surface area (Å²) >= 11 is 0. The maximum Gasteiger partial charge on any atom is 0.137 e. The van der Waals surface area contributed by atoms with Crippen LogP contribution in [-0.2, 0) is 5.41 Å². The van der Waals surface area contributed by atoms with Crippen molar-refractivity contribution in [2.75, 3.05) is 9.80 Å². The van der Waals surface area contributed by atoms with Crippen molar-refractivity contribution in [1.29, 1.82) is 0 Å². The Kier molecular flexibility index (Phi) is 12.0. The Morgan fingerprint density at radius 1 is 0.410 bits per heavy atom. The van der Waals surface area contributed by atoms with Crippen LogP contribution >= 0.6 is 0 Å². The number of anilines is 5. The van der Waals surface area contributed by atoms with Gasteiger partial charge >= 0.3 is 0 Å². The summed E-state index contributed by atoms with van der Waals surface area (Å²) in [6.07, 6.45) is 14.7. The second kappa shape index (κ2) is 19.8. The summed E-state index contributed by atoms with van der Waals surface area (Å²) in [7, 11) is 0. The molecule has 3 aliphatic carbocycles. The molecule has 0 saturated heterocycles. The van der Waals surface area contributed by atoms with E-state index < -0.39 is 0 Å². The van der Waals surface area contributed by atoms with Crippen molar-refractivity contribution in [3.05, 3.63) is 274 Å². The van der Waals surface area contributed by atoms with Gasteiger partial charge in [0.1, 0.15) is 22.2 Å². The number of aryl methyl sites for hydroxylation is 4. The Morgan fingerprint density at radius 3 is 1.53 bits per heavy atom. The van der Waals surface area contributed by atoms with Crippen LogP contribution in [0.15, 0.2) is 233 Å². The number of hydrogen-bond donors (Lipinski definition) is 0. The summed E-state index contributed by atoms with van der Waals surface area (Å²) in [5, 5.41) is 4.58. The molecule has 3 aliphatic rings. The maximum atomic E-state index is 6.98. The van der Waals surface area contributed by atoms with E-state index in [1.54, 1.807) is 0 Å². The molecule has 1 atom stereocenters. The first-order valence-corrected chi connectivity index (χ1v) is 29.4. The zero-order valence-corrected chi connectivity index (χ0v) is 47.9. The summed E-state index contributed by atoms with van der Waals surface area (Å²) in [5.74, 6) is 0. The molecular formula is C79H64N2O2. The molecule has 2 heterocycles. The van der Waals surface area contributed by atoms with Crippen LogP contribution in [-0.4, -0.2) is 6.04 Å². The van der Waals surface area contributed by atoms with E-state index in [1.807, 2.05) is 0 Å². The minimum atomic E-state index is -0.254. The molecule has 10 aromatic carbocycles. The van der Waals surface area contributed by atoms with Crippen molar-refractivity contribution in [1.82, 2.24) is 0 Å². The molecule has 12 aromatic rings. The topological polar surface area (TPSA) is 32.8 Å². The molecule has 1 unspecified atom stereocenters. The molecule has 0 saturated carbocycles. The van der Waals surface area contributed by atoms with Crippen LogP contribution in [0.25, 0.3) is 95.1 Å². The Bertz CT molecular complexity index is 4740. The molecule has 4 nitrogen and oxygen atoms in total. The molecule has 4 heteroatoms. The van der Waals surface area contributed by atoms with Crippen molar-refractivity contribution in [3.8, 4) is 44.5 Å². The fourth-order valence-corrected chi connectivity index (χ4v) is 13.3. The lowest BCUT2D eigenvalue weighted by atomic mass is 9.81. The van der Waals surface area contributed by atoms with Crippen LogP contribution in [0.4, 0.5) is 28.4 Å². The second-order valence-corrected chi connectivity index (χ2v) is 23.7. The maximum absolute atomic E-state index is 6.98. The predicted molar refractivity (Wildman–Crippen MR) is 349 cm³/mol. The predicted octanol–water partition coefficient (Wildman–Crippen LogP) is 20.2. The third-order valence-electron chi connectivity index (χ3n) is 18.3. The van der Waals surface area contributed by atoms with E-state index in [2.05, 4.69) is 288 Å². The van der Waals surface area contributed by atoms with E-state index in [9.17, 15) is 0 Å². The summed E-state index contributed by atoms with van der Waals surface area (Å²) in [6.45, 7) is 13.5. The SMILES string of the molecule is Cc1ccc(N(c2ccc(-c3ccc(-c4ccccc4)cc3)cc2)c2ccc3c(c2)oc2cc4c(cc23)C(C)(C)c2cc3c5c(oc3cc2-4)=CC(N(c2ccc(-c3ccc(C4=CCCC=C4)cc3)cc2)c2ccc(C)c(C)c2)CC=5)cc1C. The minimum absolute atomic E-state index is 0.0425. The van der Waals surface area contributed by atoms with Gasteiger partial charge in [0.25, 0.3) is 0 Å². The first-order chi connectivity index (χ1) is 40.5. The summed E-state index contributed by atoms with van der Waals surface area (Å²) in [6, 6.07) is 76.1. The Morgan fingerprint density at radius 2 is 0.916 bits per heavy atom. The molecule has 0 N–H and O–H groups in total. The lowest BCUT2D eigenvalue weighted by molar-refractivity contribution is 0.568. The Hall–Kier alpha value is -9.64. The highest BCUT2D eigenvalue weighted by molar-refractivity contribution is 6.09. The van der Waals surface area contributed by atoms with E-state index in [-0.39, 0.29) is 11.5 Å². The monoisotopic (exact) mass is 1070 g/mol. The van der Waals surface area contributed by atoms with Gasteiger partial charge in [-0.2, -0.15) is 0 Å². The summed E-state index contributed by atoms with van der Waals surface area (Å²) in [5.41, 5.74) is 28.7. The van der Waals surface area contributed by atoms with Crippen LogP contribution in [0.5, 0.6) is 0 Å². The molecule has 0 fully saturated rings. The number of fused-ring (bicyclic) bond motifs is 9. The lowest BCUT2D eigenvalue weighted by Crippen LogP contribution is -2.36. The van der Waals surface area contributed by atoms with Crippen molar-refractivity contribution in [3.63, 3.8) is 0 Å². The van der Waals surface area contributed by atoms with Crippen molar-refractivity contribution in [2.24, 2.45) is 0 Å². The number of nitrogens with zero attached hydrogens (tertiary/aromatic N) is 2. The van der Waals surface area contributed by atoms with Crippen LogP contribution in [0.2, 0.25) is 0 Å². The Labute approximate surface area is 485 Å². The lowest BCUT2D eigenvalue weighted by Gasteiger charge is -2.33. The first-order valence-electron chi connectivity index (χ1n) is 29.4. The van der Waals surface area contributed by atoms with E-state index >= 15 is 0 Å². The number of benzene rings is 10. The molecule has 0 amide bonds. The van der Waals surface area contributed by atoms with Gasteiger partial charge in [-0.25, -0.2) is 0 Å². The molecule has 15 rings (SSSR count). The molecule has 0 aliphatic heterocycles. The van der Waals surface area contributed by atoms with Gasteiger partial charge < -0.3 is 18.6 Å². The normalized spacial score (nSPS) is 14.9. The summed E-state index contributed by atoms with van der Waals surface area (Å²) < 4.78 is 13.9. The average Bonchev–Trinajstić information content (AvgIpc) is 2.72. The summed E-state index contributed by atoms with van der Waals surface area (Å²) in [4.78, 5) is 4.83. The van der Waals surface area contributed by atoms with E-state index in [0.29, 0.717) is 0 Å². The zero-order valence-electron chi connectivity index (χ0n) is 47.9. The number of furan rings is 2. The van der Waals surface area contributed by atoms with Gasteiger partial charge in [-0.1, -0.05) is 153 Å². The molecule has 0 bridgehead atoms. The highest BCUT2D eigenvalue weighted by atomic mass is 16.3. The van der Waals surface area contributed by atoms with Crippen molar-refractivity contribution < 1.29 is 8.83 Å². The second-order valence-electron chi connectivity index (χ2n) is 23.7. The molecule has 83 heavy (non-hydrogen) atoms. The minimum Gasteiger partial charge on any atom is -0.456 e. The van der Waals surface area contributed by atoms with Gasteiger partial charge in [-0.05, 0) is 227 Å². The fourth-order valence-electron chi connectivity index (χ4n) is 13.3. The van der Waals surface area contributed by atoms with Crippen LogP contribution in [0, 0.1) is 27.7 Å². The van der Waals surface area contributed by atoms with Gasteiger partial charge in [0.05, 0.1) is 6.04 Å². The van der Waals surface area contributed by atoms with E-state index in [1.165, 1.54) is 105 Å². The largest absolute Gasteiger partial charge is 0.456 e. The first kappa shape index (κ1) is 50.3. The fraction of sp³-hybridized carbons (Fsp3) is 0.139. The smallest absolute Gasteiger partial charge is 0.137 e. The van der Waals surface area contributed by atoms with E-state index in [0.717, 1.165) is 74.9 Å². The highest BCUT2D eigenvalue weighted by Crippen LogP contribution is 2.52. The van der Waals surface area contributed by atoms with Crippen LogP contribution < -0.4 is 20.4 Å². The molecule has 402 valence electrons. The Balaban J connectivity index is 0.756. The highest BCUT2D eigenvalue weighted by Gasteiger charge is 2.37. The van der Waals surface area contributed by atoms with Gasteiger partial charge in [0.15, 0.2) is 0 Å². The average molecular weight is 1070 g/mol. The quantitative estimate of drug-likeness (QED) is 0.137. The van der Waals surface area contributed by atoms with Crippen LogP contribution in [0.3, 0.4) is 0 Å². The molecule has 0 radical (unpaired) electrons. The third-order valence-corrected chi connectivity index (χ3v) is 18.3. The molecule has 0 spiro atoms. The third kappa shape index (κ3) is 8.75. The van der Waals surface area contributed by atoms with Gasteiger partial charge in [0.2, 0.25) is 0 Å². The van der Waals surface area contributed by atoms with Crippen molar-refractivity contribution in [2.45, 2.75) is 72.3 Å². The van der Waals surface area contributed by atoms with Crippen molar-refractivity contribution >= 4 is 79.1 Å².